The van der Waals surface area contributed by atoms with Crippen molar-refractivity contribution in [2.75, 3.05) is 7.11 Å². The maximum absolute atomic E-state index is 12.3. The number of esters is 1. The van der Waals surface area contributed by atoms with Gasteiger partial charge in [0.25, 0.3) is 5.79 Å². The Morgan fingerprint density at radius 2 is 2.07 bits per heavy atom. The van der Waals surface area contributed by atoms with Gasteiger partial charge in [-0.3, -0.25) is 4.79 Å². The Labute approximate surface area is 174 Å². The normalized spacial score (nSPS) is 23.8. The summed E-state index contributed by atoms with van der Waals surface area (Å²) in [5, 5.41) is 19.2. The van der Waals surface area contributed by atoms with E-state index in [2.05, 4.69) is 28.7 Å². The van der Waals surface area contributed by atoms with E-state index in [1.54, 1.807) is 6.08 Å². The van der Waals surface area contributed by atoms with Gasteiger partial charge in [-0.1, -0.05) is 30.7 Å². The summed E-state index contributed by atoms with van der Waals surface area (Å²) >= 11 is 0. The largest absolute Gasteiger partial charge is 0.465 e. The molecule has 2 N–H and O–H groups in total. The summed E-state index contributed by atoms with van der Waals surface area (Å²) in [4.78, 5) is 23.5. The minimum absolute atomic E-state index is 0.0103. The second kappa shape index (κ2) is 10.8. The first kappa shape index (κ1) is 23.4. The lowest BCUT2D eigenvalue weighted by Gasteiger charge is -2.40. The second-order valence-corrected chi connectivity index (χ2v) is 8.42. The summed E-state index contributed by atoms with van der Waals surface area (Å²) in [6.07, 6.45) is 16.3. The van der Waals surface area contributed by atoms with E-state index in [0.29, 0.717) is 30.5 Å². The zero-order valence-electron chi connectivity index (χ0n) is 17.7. The van der Waals surface area contributed by atoms with E-state index in [4.69, 9.17) is 0 Å². The number of ether oxygens (including phenoxy) is 1. The summed E-state index contributed by atoms with van der Waals surface area (Å²) < 4.78 is 4.35. The minimum Gasteiger partial charge on any atom is -0.465 e. The van der Waals surface area contributed by atoms with Crippen molar-refractivity contribution in [1.29, 1.82) is 0 Å². The van der Waals surface area contributed by atoms with Gasteiger partial charge in [0.05, 0.1) is 7.11 Å². The van der Waals surface area contributed by atoms with Gasteiger partial charge in [0, 0.05) is 25.2 Å². The Kier molecular flexibility index (Phi) is 8.67. The highest BCUT2D eigenvalue weighted by atomic mass is 16.6. The molecule has 2 rings (SSSR count). The topological polar surface area (TPSA) is 83.8 Å². The van der Waals surface area contributed by atoms with E-state index in [1.807, 2.05) is 13.0 Å². The second-order valence-electron chi connectivity index (χ2n) is 8.42. The summed E-state index contributed by atoms with van der Waals surface area (Å²) in [6.45, 7) is 1.89. The van der Waals surface area contributed by atoms with Crippen LogP contribution in [-0.2, 0) is 14.3 Å². The van der Waals surface area contributed by atoms with Crippen LogP contribution in [0.2, 0.25) is 0 Å². The van der Waals surface area contributed by atoms with Crippen LogP contribution in [0.5, 0.6) is 0 Å². The lowest BCUT2D eigenvalue weighted by Crippen LogP contribution is -2.39. The third-order valence-electron chi connectivity index (χ3n) is 6.37. The maximum atomic E-state index is 12.3. The Morgan fingerprint density at radius 3 is 2.69 bits per heavy atom. The van der Waals surface area contributed by atoms with Crippen molar-refractivity contribution < 1.29 is 24.5 Å². The van der Waals surface area contributed by atoms with Gasteiger partial charge in [0.15, 0.2) is 0 Å². The molecule has 2 atom stereocenters. The molecule has 0 saturated heterocycles. The molecular weight excluding hydrogens is 368 g/mol. The van der Waals surface area contributed by atoms with Crippen molar-refractivity contribution in [3.63, 3.8) is 0 Å². The number of allylic oxidation sites excluding steroid dienone is 4. The number of carbonyl (C=O) groups is 2. The number of aliphatic hydroxyl groups is 2. The highest BCUT2D eigenvalue weighted by molar-refractivity contribution is 5.83. The summed E-state index contributed by atoms with van der Waals surface area (Å²) in [5.41, 5.74) is 0.345. The molecule has 0 spiro atoms. The highest BCUT2D eigenvalue weighted by Crippen LogP contribution is 2.47. The third kappa shape index (κ3) is 6.55. The van der Waals surface area contributed by atoms with Gasteiger partial charge in [0.2, 0.25) is 0 Å². The fourth-order valence-electron chi connectivity index (χ4n) is 4.28. The van der Waals surface area contributed by atoms with Crippen LogP contribution in [0.15, 0.2) is 24.3 Å². The number of hydrogen-bond donors (Lipinski definition) is 2. The van der Waals surface area contributed by atoms with E-state index in [1.165, 1.54) is 19.3 Å². The van der Waals surface area contributed by atoms with Crippen molar-refractivity contribution in [2.24, 2.45) is 17.3 Å². The van der Waals surface area contributed by atoms with Crippen LogP contribution in [0.3, 0.4) is 0 Å². The monoisotopic (exact) mass is 402 g/mol. The van der Waals surface area contributed by atoms with E-state index >= 15 is 0 Å². The first-order valence-electron chi connectivity index (χ1n) is 10.6. The first-order valence-corrected chi connectivity index (χ1v) is 10.6. The smallest absolute Gasteiger partial charge is 0.366 e. The number of carbonyl (C=O) groups excluding carboxylic acids is 2. The number of ketones is 1. The average Bonchev–Trinajstić information content (AvgIpc) is 3.01. The van der Waals surface area contributed by atoms with Gasteiger partial charge in [-0.05, 0) is 56.8 Å². The van der Waals surface area contributed by atoms with Gasteiger partial charge < -0.3 is 14.9 Å². The van der Waals surface area contributed by atoms with Crippen LogP contribution in [0.4, 0.5) is 0 Å². The molecule has 2 aliphatic carbocycles. The molecule has 0 aliphatic heterocycles. The lowest BCUT2D eigenvalue weighted by molar-refractivity contribution is -0.208. The van der Waals surface area contributed by atoms with Gasteiger partial charge in [-0.15, -0.1) is 11.8 Å². The van der Waals surface area contributed by atoms with E-state index in [-0.39, 0.29) is 18.3 Å². The van der Waals surface area contributed by atoms with Crippen LogP contribution >= 0.6 is 0 Å². The van der Waals surface area contributed by atoms with Crippen LogP contribution in [0, 0.1) is 29.1 Å². The van der Waals surface area contributed by atoms with Crippen molar-refractivity contribution >= 4 is 11.8 Å². The fraction of sp³-hybridized carbons (Fsp3) is 0.667. The van der Waals surface area contributed by atoms with E-state index in [0.717, 1.165) is 26.4 Å². The summed E-state index contributed by atoms with van der Waals surface area (Å²) in [6, 6.07) is 0. The number of Topliss-reactive ketones (excluding diaryl/α,β-unsaturated/α-hetero) is 1. The van der Waals surface area contributed by atoms with Gasteiger partial charge in [-0.25, -0.2) is 4.79 Å². The molecule has 0 unspecified atom stereocenters. The molecule has 5 nitrogen and oxygen atoms in total. The molecule has 0 radical (unpaired) electrons. The molecule has 0 amide bonds. The predicted octanol–water partition coefficient (Wildman–Crippen LogP) is 3.69. The number of methoxy groups -OCH3 is 1. The fourth-order valence-corrected chi connectivity index (χ4v) is 4.28. The molecule has 0 aromatic heterocycles. The maximum Gasteiger partial charge on any atom is 0.366 e. The first-order chi connectivity index (χ1) is 13.8. The Morgan fingerprint density at radius 1 is 1.31 bits per heavy atom. The Balaban J connectivity index is 1.82. The average molecular weight is 403 g/mol. The Hall–Kier alpha value is -1.90. The molecular formula is C24H34O5. The van der Waals surface area contributed by atoms with E-state index in [9.17, 15) is 19.8 Å². The van der Waals surface area contributed by atoms with Crippen molar-refractivity contribution in [3.05, 3.63) is 24.3 Å². The highest BCUT2D eigenvalue weighted by Gasteiger charge is 2.36. The van der Waals surface area contributed by atoms with Gasteiger partial charge >= 0.3 is 5.97 Å². The van der Waals surface area contributed by atoms with Gasteiger partial charge in [0.1, 0.15) is 5.78 Å². The number of rotatable bonds is 10. The zero-order chi connectivity index (χ0) is 21.3. The van der Waals surface area contributed by atoms with Crippen molar-refractivity contribution in [2.45, 2.75) is 76.9 Å². The standard InChI is InChI=1S/C24H34O5/c1-3-4-14-23(16-9-17-23)15-8-10-19-12-13-21(25)20(19)11-6-5-7-18-24(27,28)22(26)29-2/h5-6,8,10,19-20,27-28H,7,9,11-18H2,1-2H3/b6-5-,10-8+/t19-,20+/m0/s1. The molecule has 160 valence electrons. The molecule has 0 aromatic rings. The predicted molar refractivity (Wildman–Crippen MR) is 112 cm³/mol. The third-order valence-corrected chi connectivity index (χ3v) is 6.37. The van der Waals surface area contributed by atoms with Crippen molar-refractivity contribution in [1.82, 2.24) is 0 Å². The SMILES string of the molecule is CC#CCC1(C/C=C/[C@H]2CCC(=O)[C@@H]2C/C=C\CCC(O)(O)C(=O)OC)CCC1. The van der Waals surface area contributed by atoms with Crippen LogP contribution in [-0.4, -0.2) is 34.9 Å². The molecule has 0 bridgehead atoms. The molecule has 2 fully saturated rings. The summed E-state index contributed by atoms with van der Waals surface area (Å²) in [5.74, 6) is 3.27. The van der Waals surface area contributed by atoms with Crippen LogP contribution in [0.1, 0.15) is 71.1 Å². The van der Waals surface area contributed by atoms with Gasteiger partial charge in [-0.2, -0.15) is 0 Å². The molecule has 29 heavy (non-hydrogen) atoms. The Bertz CT molecular complexity index is 688. The lowest BCUT2D eigenvalue weighted by atomic mass is 9.64. The number of hydrogen-bond acceptors (Lipinski definition) is 5. The molecule has 0 heterocycles. The van der Waals surface area contributed by atoms with Crippen molar-refractivity contribution in [3.8, 4) is 11.8 Å². The quantitative estimate of drug-likeness (QED) is 0.252. The molecule has 5 heteroatoms. The zero-order valence-corrected chi connectivity index (χ0v) is 17.7. The minimum atomic E-state index is -2.47. The van der Waals surface area contributed by atoms with Crippen LogP contribution < -0.4 is 0 Å². The molecule has 2 aliphatic rings. The molecule has 2 saturated carbocycles. The summed E-state index contributed by atoms with van der Waals surface area (Å²) in [7, 11) is 1.11. The van der Waals surface area contributed by atoms with Crippen LogP contribution in [0.25, 0.3) is 0 Å². The van der Waals surface area contributed by atoms with E-state index < -0.39 is 11.8 Å². The molecule has 0 aromatic carbocycles.